The van der Waals surface area contributed by atoms with E-state index >= 15 is 0 Å². The second kappa shape index (κ2) is 7.75. The highest BCUT2D eigenvalue weighted by molar-refractivity contribution is 6.41. The first-order valence-corrected chi connectivity index (χ1v) is 9.27. The van der Waals surface area contributed by atoms with Gasteiger partial charge in [0.05, 0.1) is 27.3 Å². The standard InChI is InChI=1S/C16H20Cl2N4O4/c1-2-26-16(23)21-7-5-20(6-8-21)15-11(17)9-12(22(24)25)14(13(15)18)19-10-3-4-10/h9-10,19H,2-8H2,1H3. The molecule has 0 unspecified atom stereocenters. The number of nitrogens with one attached hydrogen (secondary N) is 1. The second-order valence-corrected chi connectivity index (χ2v) is 7.05. The van der Waals surface area contributed by atoms with Crippen LogP contribution in [0.5, 0.6) is 0 Å². The van der Waals surface area contributed by atoms with Crippen molar-refractivity contribution in [1.29, 1.82) is 0 Å². The van der Waals surface area contributed by atoms with Crippen LogP contribution in [0.2, 0.25) is 10.0 Å². The lowest BCUT2D eigenvalue weighted by molar-refractivity contribution is -0.383. The van der Waals surface area contributed by atoms with Gasteiger partial charge in [-0.25, -0.2) is 4.79 Å². The van der Waals surface area contributed by atoms with Crippen LogP contribution in [0.15, 0.2) is 6.07 Å². The van der Waals surface area contributed by atoms with Gasteiger partial charge < -0.3 is 19.9 Å². The maximum absolute atomic E-state index is 11.8. The van der Waals surface area contributed by atoms with Gasteiger partial charge in [-0.15, -0.1) is 0 Å². The Hall–Kier alpha value is -1.93. The predicted molar refractivity (Wildman–Crippen MR) is 101 cm³/mol. The van der Waals surface area contributed by atoms with Crippen molar-refractivity contribution >= 4 is 46.4 Å². The quantitative estimate of drug-likeness (QED) is 0.595. The van der Waals surface area contributed by atoms with E-state index in [1.54, 1.807) is 11.8 Å². The zero-order valence-corrected chi connectivity index (χ0v) is 15.8. The molecule has 8 nitrogen and oxygen atoms in total. The normalized spacial score (nSPS) is 17.2. The summed E-state index contributed by atoms with van der Waals surface area (Å²) >= 11 is 12.8. The van der Waals surface area contributed by atoms with Crippen LogP contribution in [0.25, 0.3) is 0 Å². The highest BCUT2D eigenvalue weighted by Crippen LogP contribution is 2.46. The number of carbonyl (C=O) groups is 1. The summed E-state index contributed by atoms with van der Waals surface area (Å²) in [4.78, 5) is 26.3. The zero-order valence-electron chi connectivity index (χ0n) is 14.3. The lowest BCUT2D eigenvalue weighted by Gasteiger charge is -2.36. The Bertz CT molecular complexity index is 719. The summed E-state index contributed by atoms with van der Waals surface area (Å²) in [7, 11) is 0. The van der Waals surface area contributed by atoms with Gasteiger partial charge in [0.2, 0.25) is 0 Å². The van der Waals surface area contributed by atoms with E-state index in [0.717, 1.165) is 12.8 Å². The molecule has 1 saturated carbocycles. The van der Waals surface area contributed by atoms with Crippen LogP contribution in [0.1, 0.15) is 19.8 Å². The molecule has 1 N–H and O–H groups in total. The molecule has 1 aliphatic heterocycles. The molecule has 0 radical (unpaired) electrons. The summed E-state index contributed by atoms with van der Waals surface area (Å²) in [5.74, 6) is 0. The molecule has 1 heterocycles. The molecule has 10 heteroatoms. The Balaban J connectivity index is 1.84. The van der Waals surface area contributed by atoms with E-state index in [2.05, 4.69) is 5.32 Å². The Morgan fingerprint density at radius 2 is 2.00 bits per heavy atom. The molecule has 2 fully saturated rings. The van der Waals surface area contributed by atoms with Crippen molar-refractivity contribution in [3.8, 4) is 0 Å². The fourth-order valence-corrected chi connectivity index (χ4v) is 3.67. The SMILES string of the molecule is CCOC(=O)N1CCN(c2c(Cl)cc([N+](=O)[O-])c(NC3CC3)c2Cl)CC1. The van der Waals surface area contributed by atoms with E-state index in [9.17, 15) is 14.9 Å². The van der Waals surface area contributed by atoms with Crippen molar-refractivity contribution in [3.05, 3.63) is 26.2 Å². The highest BCUT2D eigenvalue weighted by Gasteiger charge is 2.32. The summed E-state index contributed by atoms with van der Waals surface area (Å²) in [6.45, 7) is 4.05. The van der Waals surface area contributed by atoms with Gasteiger partial charge in [0, 0.05) is 38.3 Å². The number of nitro groups is 1. The van der Waals surface area contributed by atoms with E-state index in [4.69, 9.17) is 27.9 Å². The van der Waals surface area contributed by atoms with Gasteiger partial charge in [-0.05, 0) is 19.8 Å². The monoisotopic (exact) mass is 402 g/mol. The predicted octanol–water partition coefficient (Wildman–Crippen LogP) is 3.75. The number of halogens is 2. The number of nitro benzene ring substituents is 1. The molecule has 0 bridgehead atoms. The van der Waals surface area contributed by atoms with Crippen LogP contribution in [0, 0.1) is 10.1 Å². The van der Waals surface area contributed by atoms with Crippen molar-refractivity contribution in [1.82, 2.24) is 4.90 Å². The number of nitrogens with zero attached hydrogens (tertiary/aromatic N) is 3. The molecule has 3 rings (SSSR count). The van der Waals surface area contributed by atoms with E-state index in [1.807, 2.05) is 4.90 Å². The molecular formula is C16H20Cl2N4O4. The van der Waals surface area contributed by atoms with Gasteiger partial charge in [-0.2, -0.15) is 0 Å². The van der Waals surface area contributed by atoms with Gasteiger partial charge in [-0.3, -0.25) is 10.1 Å². The van der Waals surface area contributed by atoms with Crippen LogP contribution in [-0.4, -0.2) is 54.7 Å². The Labute approximate surface area is 161 Å². The fraction of sp³-hybridized carbons (Fsp3) is 0.562. The first kappa shape index (κ1) is 18.8. The van der Waals surface area contributed by atoms with Gasteiger partial charge in [0.25, 0.3) is 5.69 Å². The number of amides is 1. The van der Waals surface area contributed by atoms with E-state index in [0.29, 0.717) is 44.2 Å². The minimum absolute atomic E-state index is 0.124. The molecular weight excluding hydrogens is 383 g/mol. The number of hydrogen-bond donors (Lipinski definition) is 1. The maximum atomic E-state index is 11.8. The first-order chi connectivity index (χ1) is 12.4. The Kier molecular flexibility index (Phi) is 5.62. The maximum Gasteiger partial charge on any atom is 0.409 e. The summed E-state index contributed by atoms with van der Waals surface area (Å²) in [6, 6.07) is 1.55. The van der Waals surface area contributed by atoms with Crippen molar-refractivity contribution in [2.45, 2.75) is 25.8 Å². The van der Waals surface area contributed by atoms with Gasteiger partial charge in [0.15, 0.2) is 0 Å². The van der Waals surface area contributed by atoms with Crippen molar-refractivity contribution < 1.29 is 14.5 Å². The number of hydrogen-bond acceptors (Lipinski definition) is 6. The average molecular weight is 403 g/mol. The number of benzene rings is 1. The minimum atomic E-state index is -0.481. The van der Waals surface area contributed by atoms with Crippen LogP contribution in [0.3, 0.4) is 0 Å². The topological polar surface area (TPSA) is 88.0 Å². The smallest absolute Gasteiger partial charge is 0.409 e. The van der Waals surface area contributed by atoms with Crippen molar-refractivity contribution in [2.24, 2.45) is 0 Å². The molecule has 142 valence electrons. The highest BCUT2D eigenvalue weighted by atomic mass is 35.5. The molecule has 1 saturated heterocycles. The van der Waals surface area contributed by atoms with Crippen LogP contribution < -0.4 is 10.2 Å². The molecule has 26 heavy (non-hydrogen) atoms. The van der Waals surface area contributed by atoms with Gasteiger partial charge in [0.1, 0.15) is 5.69 Å². The lowest BCUT2D eigenvalue weighted by atomic mass is 10.2. The molecule has 1 aromatic carbocycles. The molecule has 0 aromatic heterocycles. The molecule has 1 aromatic rings. The number of anilines is 2. The number of carbonyl (C=O) groups excluding carboxylic acids is 1. The number of rotatable bonds is 5. The minimum Gasteiger partial charge on any atom is -0.450 e. The van der Waals surface area contributed by atoms with Gasteiger partial charge in [-0.1, -0.05) is 23.2 Å². The van der Waals surface area contributed by atoms with E-state index in [-0.39, 0.29) is 27.9 Å². The van der Waals surface area contributed by atoms with Crippen LogP contribution in [-0.2, 0) is 4.74 Å². The second-order valence-electron chi connectivity index (χ2n) is 6.26. The molecule has 0 atom stereocenters. The van der Waals surface area contributed by atoms with Gasteiger partial charge >= 0.3 is 6.09 Å². The van der Waals surface area contributed by atoms with Crippen molar-refractivity contribution in [2.75, 3.05) is 43.0 Å². The summed E-state index contributed by atoms with van der Waals surface area (Å²) in [5.41, 5.74) is 0.748. The third-order valence-electron chi connectivity index (χ3n) is 4.42. The summed E-state index contributed by atoms with van der Waals surface area (Å²) < 4.78 is 5.01. The van der Waals surface area contributed by atoms with Crippen LogP contribution in [0.4, 0.5) is 21.9 Å². The lowest BCUT2D eigenvalue weighted by Crippen LogP contribution is -2.49. The fourth-order valence-electron chi connectivity index (χ4n) is 2.93. The number of ether oxygens (including phenoxy) is 1. The van der Waals surface area contributed by atoms with E-state index < -0.39 is 4.92 Å². The summed E-state index contributed by atoms with van der Waals surface area (Å²) in [6.07, 6.45) is 1.58. The largest absolute Gasteiger partial charge is 0.450 e. The average Bonchev–Trinajstić information content (AvgIpc) is 3.42. The van der Waals surface area contributed by atoms with Crippen molar-refractivity contribution in [3.63, 3.8) is 0 Å². The molecule has 1 aliphatic carbocycles. The van der Waals surface area contributed by atoms with E-state index in [1.165, 1.54) is 6.07 Å². The van der Waals surface area contributed by atoms with Crippen LogP contribution >= 0.6 is 23.2 Å². The third-order valence-corrected chi connectivity index (χ3v) is 5.07. The first-order valence-electron chi connectivity index (χ1n) is 8.52. The summed E-state index contributed by atoms with van der Waals surface area (Å²) in [5, 5.41) is 15.0. The Morgan fingerprint density at radius 3 is 2.54 bits per heavy atom. The third kappa shape index (κ3) is 3.91. The molecule has 2 aliphatic rings. The zero-order chi connectivity index (χ0) is 18.8. The number of piperazine rings is 1. The molecule has 1 amide bonds. The molecule has 0 spiro atoms. The Morgan fingerprint density at radius 1 is 1.35 bits per heavy atom.